The number of benzene rings is 4. The Bertz CT molecular complexity index is 1310. The molecule has 0 saturated carbocycles. The lowest BCUT2D eigenvalue weighted by molar-refractivity contribution is -0.0517. The summed E-state index contributed by atoms with van der Waals surface area (Å²) in [5, 5.41) is 4.35. The predicted octanol–water partition coefficient (Wildman–Crippen LogP) is 6.44. The van der Waals surface area contributed by atoms with Crippen LogP contribution in [0.2, 0.25) is 0 Å². The summed E-state index contributed by atoms with van der Waals surface area (Å²) in [6.45, 7) is 2.13. The van der Waals surface area contributed by atoms with Gasteiger partial charge in [-0.1, -0.05) is 96.6 Å². The lowest BCUT2D eigenvalue weighted by Crippen LogP contribution is -2.33. The van der Waals surface area contributed by atoms with Crippen molar-refractivity contribution < 1.29 is 26.1 Å². The Morgan fingerprint density at radius 1 is 0.711 bits per heavy atom. The molecule has 38 heavy (non-hydrogen) atoms. The second kappa shape index (κ2) is 13.0. The van der Waals surface area contributed by atoms with Gasteiger partial charge in [0.15, 0.2) is 10.1 Å². The zero-order valence-electron chi connectivity index (χ0n) is 20.8. The van der Waals surface area contributed by atoms with Crippen molar-refractivity contribution in [3.8, 4) is 0 Å². The van der Waals surface area contributed by atoms with Gasteiger partial charge in [-0.15, -0.1) is 0 Å². The molecule has 4 rings (SSSR count). The highest BCUT2D eigenvalue weighted by Gasteiger charge is 2.44. The fourth-order valence-electron chi connectivity index (χ4n) is 4.05. The summed E-state index contributed by atoms with van der Waals surface area (Å²) in [5.74, 6) is 0. The molecular formula is C30H28F3O3PS. The Labute approximate surface area is 222 Å². The van der Waals surface area contributed by atoms with Crippen LogP contribution in [0.1, 0.15) is 17.5 Å². The van der Waals surface area contributed by atoms with E-state index in [1.54, 1.807) is 0 Å². The van der Waals surface area contributed by atoms with Crippen molar-refractivity contribution in [2.75, 3.05) is 6.16 Å². The molecule has 0 spiro atoms. The maximum absolute atomic E-state index is 10.7. The number of allylic oxidation sites excluding steroid dienone is 1. The number of aryl methyl sites for hydroxylation is 1. The van der Waals surface area contributed by atoms with Crippen molar-refractivity contribution in [3.05, 3.63) is 132 Å². The molecule has 0 aromatic heterocycles. The van der Waals surface area contributed by atoms with Crippen LogP contribution in [-0.2, 0) is 10.1 Å². The minimum atomic E-state index is -6.09. The van der Waals surface area contributed by atoms with Gasteiger partial charge < -0.3 is 4.55 Å². The summed E-state index contributed by atoms with van der Waals surface area (Å²) < 4.78 is 58.9. The quantitative estimate of drug-likeness (QED) is 0.150. The van der Waals surface area contributed by atoms with Gasteiger partial charge in [0.2, 0.25) is 0 Å². The van der Waals surface area contributed by atoms with Crippen LogP contribution >= 0.6 is 7.26 Å². The van der Waals surface area contributed by atoms with Crippen LogP contribution in [0.5, 0.6) is 0 Å². The zero-order valence-corrected chi connectivity index (χ0v) is 22.5. The number of alkyl halides is 3. The molecule has 3 nitrogen and oxygen atoms in total. The molecule has 0 saturated heterocycles. The first kappa shape index (κ1) is 29.3. The molecule has 0 unspecified atom stereocenters. The Morgan fingerprint density at radius 3 is 1.42 bits per heavy atom. The molecule has 0 aliphatic carbocycles. The molecule has 198 valence electrons. The van der Waals surface area contributed by atoms with Crippen molar-refractivity contribution in [1.29, 1.82) is 0 Å². The van der Waals surface area contributed by atoms with E-state index in [1.165, 1.54) is 27.0 Å². The maximum atomic E-state index is 10.7. The van der Waals surface area contributed by atoms with Crippen LogP contribution in [0.25, 0.3) is 6.08 Å². The smallest absolute Gasteiger partial charge is 0.485 e. The number of halogens is 3. The SMILES string of the molecule is Cc1ccc(/C=C\CC[P+](c2ccccc2)(c2ccccc2)c2ccccc2)cc1.O=S(=O)([O-])C(F)(F)F. The van der Waals surface area contributed by atoms with Gasteiger partial charge in [0, 0.05) is 6.42 Å². The molecule has 0 fully saturated rings. The first-order chi connectivity index (χ1) is 18.0. The maximum Gasteiger partial charge on any atom is 0.485 e. The monoisotopic (exact) mass is 556 g/mol. The van der Waals surface area contributed by atoms with E-state index < -0.39 is 22.9 Å². The van der Waals surface area contributed by atoms with Gasteiger partial charge in [-0.2, -0.15) is 13.2 Å². The van der Waals surface area contributed by atoms with E-state index in [4.69, 9.17) is 13.0 Å². The molecule has 0 amide bonds. The van der Waals surface area contributed by atoms with E-state index in [0.29, 0.717) is 0 Å². The minimum absolute atomic E-state index is 1.04. The fourth-order valence-corrected chi connectivity index (χ4v) is 8.30. The molecule has 0 atom stereocenters. The van der Waals surface area contributed by atoms with Gasteiger partial charge in [-0.05, 0) is 48.9 Å². The Kier molecular flexibility index (Phi) is 10.0. The molecule has 0 radical (unpaired) electrons. The third-order valence-corrected chi connectivity index (χ3v) is 10.9. The first-order valence-corrected chi connectivity index (χ1v) is 15.2. The molecular weight excluding hydrogens is 528 g/mol. The summed E-state index contributed by atoms with van der Waals surface area (Å²) in [4.78, 5) is 0. The van der Waals surface area contributed by atoms with E-state index in [-0.39, 0.29) is 0 Å². The predicted molar refractivity (Wildman–Crippen MR) is 151 cm³/mol. The lowest BCUT2D eigenvalue weighted by Gasteiger charge is -2.27. The molecule has 0 bridgehead atoms. The summed E-state index contributed by atoms with van der Waals surface area (Å²) in [7, 11) is -7.82. The second-order valence-electron chi connectivity index (χ2n) is 8.54. The number of hydrogen-bond acceptors (Lipinski definition) is 3. The number of hydrogen-bond donors (Lipinski definition) is 0. The highest BCUT2D eigenvalue weighted by Crippen LogP contribution is 2.55. The summed E-state index contributed by atoms with van der Waals surface area (Å²) in [6, 6.07) is 42.1. The van der Waals surface area contributed by atoms with Crippen LogP contribution < -0.4 is 15.9 Å². The van der Waals surface area contributed by atoms with Crippen LogP contribution in [0.4, 0.5) is 13.2 Å². The summed E-state index contributed by atoms with van der Waals surface area (Å²) in [6.07, 6.45) is 6.76. The van der Waals surface area contributed by atoms with E-state index in [9.17, 15) is 13.2 Å². The van der Waals surface area contributed by atoms with Gasteiger partial charge in [0.25, 0.3) is 0 Å². The van der Waals surface area contributed by atoms with Crippen molar-refractivity contribution in [2.24, 2.45) is 0 Å². The van der Waals surface area contributed by atoms with E-state index in [0.717, 1.165) is 12.6 Å². The molecule has 8 heteroatoms. The van der Waals surface area contributed by atoms with Crippen LogP contribution in [0, 0.1) is 6.92 Å². The van der Waals surface area contributed by atoms with Crippen molar-refractivity contribution in [2.45, 2.75) is 18.9 Å². The van der Waals surface area contributed by atoms with E-state index >= 15 is 0 Å². The number of rotatable bonds is 7. The normalized spacial score (nSPS) is 12.1. The minimum Gasteiger partial charge on any atom is -0.741 e. The fraction of sp³-hybridized carbons (Fsp3) is 0.133. The zero-order chi connectivity index (χ0) is 27.7. The van der Waals surface area contributed by atoms with E-state index in [2.05, 4.69) is 134 Å². The standard InChI is InChI=1S/C29H28P.CHF3O3S/c1-25-20-22-26(23-21-25)13-11-12-24-30(27-14-5-2-6-15-27,28-16-7-3-8-17-28)29-18-9-4-10-19-29;2-1(3,4)8(5,6)7/h2-11,13-23H,12,24H2,1H3;(H,5,6,7)/q+1;/p-1/b13-11-;. The van der Waals surface area contributed by atoms with Crippen LogP contribution in [0.15, 0.2) is 121 Å². The summed E-state index contributed by atoms with van der Waals surface area (Å²) in [5.41, 5.74) is -3.08. The van der Waals surface area contributed by atoms with Gasteiger partial charge in [0.1, 0.15) is 23.2 Å². The van der Waals surface area contributed by atoms with Gasteiger partial charge in [-0.25, -0.2) is 8.42 Å². The van der Waals surface area contributed by atoms with Crippen LogP contribution in [-0.4, -0.2) is 24.6 Å². The first-order valence-electron chi connectivity index (χ1n) is 11.8. The molecule has 0 N–H and O–H groups in total. The van der Waals surface area contributed by atoms with Crippen LogP contribution in [0.3, 0.4) is 0 Å². The Morgan fingerprint density at radius 2 is 1.08 bits per heavy atom. The third-order valence-electron chi connectivity index (χ3n) is 5.89. The van der Waals surface area contributed by atoms with Crippen molar-refractivity contribution >= 4 is 39.4 Å². The second-order valence-corrected chi connectivity index (χ2v) is 13.5. The molecule has 0 heterocycles. The van der Waals surface area contributed by atoms with Crippen molar-refractivity contribution in [1.82, 2.24) is 0 Å². The topological polar surface area (TPSA) is 57.2 Å². The largest absolute Gasteiger partial charge is 0.741 e. The van der Waals surface area contributed by atoms with Crippen molar-refractivity contribution in [3.63, 3.8) is 0 Å². The average molecular weight is 557 g/mol. The summed E-state index contributed by atoms with van der Waals surface area (Å²) >= 11 is 0. The van der Waals surface area contributed by atoms with Gasteiger partial charge in [-0.3, -0.25) is 0 Å². The molecule has 0 aliphatic rings. The van der Waals surface area contributed by atoms with Gasteiger partial charge >= 0.3 is 5.51 Å². The molecule has 4 aromatic rings. The molecule has 0 aliphatic heterocycles. The highest BCUT2D eigenvalue weighted by molar-refractivity contribution is 7.95. The Balaban J connectivity index is 0.000000436. The highest BCUT2D eigenvalue weighted by atomic mass is 32.2. The lowest BCUT2D eigenvalue weighted by atomic mass is 10.1. The Hall–Kier alpha value is -3.25. The average Bonchev–Trinajstić information content (AvgIpc) is 2.91. The van der Waals surface area contributed by atoms with E-state index in [1.807, 2.05) is 0 Å². The third kappa shape index (κ3) is 7.64. The van der Waals surface area contributed by atoms with Gasteiger partial charge in [0.05, 0.1) is 6.16 Å². The molecule has 4 aromatic carbocycles.